The van der Waals surface area contributed by atoms with Crippen molar-refractivity contribution in [1.82, 2.24) is 9.97 Å². The fourth-order valence-electron chi connectivity index (χ4n) is 1.80. The highest BCUT2D eigenvalue weighted by Crippen LogP contribution is 2.19. The van der Waals surface area contributed by atoms with Gasteiger partial charge in [-0.05, 0) is 12.8 Å². The molecule has 5 heteroatoms. The maximum atomic E-state index is 5.17. The molecule has 0 radical (unpaired) electrons. The van der Waals surface area contributed by atoms with Gasteiger partial charge in [0.25, 0.3) is 0 Å². The van der Waals surface area contributed by atoms with Crippen LogP contribution in [0.5, 0.6) is 0 Å². The van der Waals surface area contributed by atoms with Crippen molar-refractivity contribution >= 4 is 11.8 Å². The molecule has 18 heavy (non-hydrogen) atoms. The summed E-state index contributed by atoms with van der Waals surface area (Å²) in [6.45, 7) is 8.95. The molecule has 0 bridgehead atoms. The van der Waals surface area contributed by atoms with E-state index >= 15 is 0 Å². The fourth-order valence-corrected chi connectivity index (χ4v) is 1.80. The highest BCUT2D eigenvalue weighted by molar-refractivity contribution is 5.48. The van der Waals surface area contributed by atoms with Crippen LogP contribution in [-0.2, 0) is 4.74 Å². The first-order valence-electron chi connectivity index (χ1n) is 6.33. The lowest BCUT2D eigenvalue weighted by Crippen LogP contribution is -2.32. The topological polar surface area (TPSA) is 50.3 Å². The van der Waals surface area contributed by atoms with Crippen molar-refractivity contribution in [3.63, 3.8) is 0 Å². The number of hydrogen-bond donors (Lipinski definition) is 1. The molecule has 102 valence electrons. The third-order valence-corrected chi connectivity index (χ3v) is 2.62. The van der Waals surface area contributed by atoms with Crippen molar-refractivity contribution in [2.24, 2.45) is 5.92 Å². The third-order valence-electron chi connectivity index (χ3n) is 2.62. The number of rotatable bonds is 7. The first-order valence-corrected chi connectivity index (χ1v) is 6.33. The van der Waals surface area contributed by atoms with Crippen molar-refractivity contribution in [1.29, 1.82) is 0 Å². The zero-order chi connectivity index (χ0) is 13.5. The number of nitrogens with one attached hydrogen (secondary N) is 1. The van der Waals surface area contributed by atoms with Crippen LogP contribution < -0.4 is 10.2 Å². The van der Waals surface area contributed by atoms with E-state index in [1.807, 2.05) is 20.2 Å². The van der Waals surface area contributed by atoms with Crippen molar-refractivity contribution in [3.05, 3.63) is 11.8 Å². The summed E-state index contributed by atoms with van der Waals surface area (Å²) < 4.78 is 5.17. The molecular formula is C13H24N4O. The maximum absolute atomic E-state index is 5.17. The Morgan fingerprint density at radius 3 is 2.72 bits per heavy atom. The van der Waals surface area contributed by atoms with Crippen LogP contribution >= 0.6 is 0 Å². The number of aromatic nitrogens is 2. The van der Waals surface area contributed by atoms with Crippen molar-refractivity contribution in [2.75, 3.05) is 44.1 Å². The van der Waals surface area contributed by atoms with Crippen LogP contribution in [0, 0.1) is 12.8 Å². The standard InChI is InChI=1S/C13H24N4O/c1-10(2)9-17(6-7-18-5)12-11(3)8-15-13(14-4)16-12/h8,10H,6-7,9H2,1-5H3,(H,14,15,16). The Labute approximate surface area is 110 Å². The lowest BCUT2D eigenvalue weighted by atomic mass is 10.2. The first kappa shape index (κ1) is 14.7. The van der Waals surface area contributed by atoms with Gasteiger partial charge in [-0.3, -0.25) is 0 Å². The van der Waals surface area contributed by atoms with Crippen LogP contribution in [0.4, 0.5) is 11.8 Å². The largest absolute Gasteiger partial charge is 0.383 e. The maximum Gasteiger partial charge on any atom is 0.224 e. The molecule has 1 aromatic rings. The fraction of sp³-hybridized carbons (Fsp3) is 0.692. The summed E-state index contributed by atoms with van der Waals surface area (Å²) in [5, 5.41) is 2.98. The number of aryl methyl sites for hydroxylation is 1. The van der Waals surface area contributed by atoms with Crippen LogP contribution in [-0.4, -0.2) is 43.8 Å². The first-order chi connectivity index (χ1) is 8.58. The normalized spacial score (nSPS) is 10.8. The average molecular weight is 252 g/mol. The van der Waals surface area contributed by atoms with Crippen LogP contribution in [0.25, 0.3) is 0 Å². The van der Waals surface area contributed by atoms with Crippen molar-refractivity contribution < 1.29 is 4.74 Å². The molecular weight excluding hydrogens is 228 g/mol. The van der Waals surface area contributed by atoms with Gasteiger partial charge < -0.3 is 15.0 Å². The van der Waals surface area contributed by atoms with Crippen LogP contribution in [0.1, 0.15) is 19.4 Å². The minimum absolute atomic E-state index is 0.578. The highest BCUT2D eigenvalue weighted by atomic mass is 16.5. The zero-order valence-electron chi connectivity index (χ0n) is 12.0. The van der Waals surface area contributed by atoms with E-state index in [0.717, 1.165) is 24.5 Å². The van der Waals surface area contributed by atoms with E-state index in [1.165, 1.54) is 0 Å². The summed E-state index contributed by atoms with van der Waals surface area (Å²) in [6, 6.07) is 0. The molecule has 1 heterocycles. The van der Waals surface area contributed by atoms with E-state index in [-0.39, 0.29) is 0 Å². The molecule has 0 saturated carbocycles. The molecule has 0 spiro atoms. The quantitative estimate of drug-likeness (QED) is 0.803. The molecule has 0 atom stereocenters. The van der Waals surface area contributed by atoms with Crippen LogP contribution in [0.3, 0.4) is 0 Å². The molecule has 0 amide bonds. The minimum Gasteiger partial charge on any atom is -0.383 e. The van der Waals surface area contributed by atoms with E-state index in [2.05, 4.69) is 34.0 Å². The van der Waals surface area contributed by atoms with Gasteiger partial charge in [0.2, 0.25) is 5.95 Å². The molecule has 1 N–H and O–H groups in total. The van der Waals surface area contributed by atoms with Gasteiger partial charge in [0.15, 0.2) is 0 Å². The Hall–Kier alpha value is -1.36. The molecule has 0 aliphatic rings. The van der Waals surface area contributed by atoms with Gasteiger partial charge in [-0.25, -0.2) is 4.98 Å². The zero-order valence-corrected chi connectivity index (χ0v) is 12.0. The molecule has 5 nitrogen and oxygen atoms in total. The molecule has 0 aliphatic carbocycles. The monoisotopic (exact) mass is 252 g/mol. The Morgan fingerprint density at radius 2 is 2.17 bits per heavy atom. The molecule has 0 fully saturated rings. The van der Waals surface area contributed by atoms with Gasteiger partial charge >= 0.3 is 0 Å². The second-order valence-corrected chi connectivity index (χ2v) is 4.78. The Morgan fingerprint density at radius 1 is 1.44 bits per heavy atom. The summed E-state index contributed by atoms with van der Waals surface area (Å²) in [4.78, 5) is 11.0. The molecule has 0 saturated heterocycles. The SMILES string of the molecule is CNc1ncc(C)c(N(CCOC)CC(C)C)n1. The predicted molar refractivity (Wildman–Crippen MR) is 75.2 cm³/mol. The minimum atomic E-state index is 0.578. The van der Waals surface area contributed by atoms with Gasteiger partial charge in [0.05, 0.1) is 6.61 Å². The number of ether oxygens (including phenoxy) is 1. The number of nitrogens with zero attached hydrogens (tertiary/aromatic N) is 3. The summed E-state index contributed by atoms with van der Waals surface area (Å²) in [6.07, 6.45) is 1.86. The van der Waals surface area contributed by atoms with Crippen molar-refractivity contribution in [3.8, 4) is 0 Å². The van der Waals surface area contributed by atoms with E-state index in [0.29, 0.717) is 18.5 Å². The molecule has 1 aromatic heterocycles. The molecule has 1 rings (SSSR count). The van der Waals surface area contributed by atoms with Crippen LogP contribution in [0.15, 0.2) is 6.20 Å². The number of hydrogen-bond acceptors (Lipinski definition) is 5. The summed E-state index contributed by atoms with van der Waals surface area (Å²) in [5.74, 6) is 2.22. The number of anilines is 2. The van der Waals surface area contributed by atoms with Crippen molar-refractivity contribution in [2.45, 2.75) is 20.8 Å². The molecule has 0 aliphatic heterocycles. The lowest BCUT2D eigenvalue weighted by Gasteiger charge is -2.26. The predicted octanol–water partition coefficient (Wildman–Crippen LogP) is 1.94. The summed E-state index contributed by atoms with van der Waals surface area (Å²) in [7, 11) is 3.55. The van der Waals surface area contributed by atoms with E-state index in [9.17, 15) is 0 Å². The van der Waals surface area contributed by atoms with Gasteiger partial charge in [-0.2, -0.15) is 4.98 Å². The number of methoxy groups -OCH3 is 1. The second kappa shape index (κ2) is 7.16. The van der Waals surface area contributed by atoms with Gasteiger partial charge in [0.1, 0.15) is 5.82 Å². The van der Waals surface area contributed by atoms with E-state index < -0.39 is 0 Å². The highest BCUT2D eigenvalue weighted by Gasteiger charge is 2.13. The Kier molecular flexibility index (Phi) is 5.85. The Balaban J connectivity index is 2.94. The van der Waals surface area contributed by atoms with Gasteiger partial charge in [-0.1, -0.05) is 13.8 Å². The lowest BCUT2D eigenvalue weighted by molar-refractivity contribution is 0.204. The van der Waals surface area contributed by atoms with E-state index in [4.69, 9.17) is 4.74 Å². The molecule has 0 unspecified atom stereocenters. The van der Waals surface area contributed by atoms with E-state index in [1.54, 1.807) is 7.11 Å². The van der Waals surface area contributed by atoms with Gasteiger partial charge in [0, 0.05) is 39.0 Å². The molecule has 0 aromatic carbocycles. The Bertz CT molecular complexity index is 368. The second-order valence-electron chi connectivity index (χ2n) is 4.78. The summed E-state index contributed by atoms with van der Waals surface area (Å²) >= 11 is 0. The average Bonchev–Trinajstić information content (AvgIpc) is 2.35. The smallest absolute Gasteiger partial charge is 0.224 e. The van der Waals surface area contributed by atoms with Crippen LogP contribution in [0.2, 0.25) is 0 Å². The summed E-state index contributed by atoms with van der Waals surface area (Å²) in [5.41, 5.74) is 1.09. The van der Waals surface area contributed by atoms with Gasteiger partial charge in [-0.15, -0.1) is 0 Å². The third kappa shape index (κ3) is 4.14.